The molecule has 0 atom stereocenters. The van der Waals surface area contributed by atoms with Gasteiger partial charge < -0.3 is 0 Å². The average molecular weight is 288 g/mol. The molecule has 0 bridgehead atoms. The minimum Gasteiger partial charge on any atom is -0.196 e. The van der Waals surface area contributed by atoms with E-state index < -0.39 is 0 Å². The Kier molecular flexibility index (Phi) is 2.75. The molecule has 0 aliphatic carbocycles. The molecule has 78 valence electrons. The number of aryl methyl sites for hydroxylation is 2. The Hall–Kier alpha value is -0.940. The number of tetrazole rings is 1. The van der Waals surface area contributed by atoms with Crippen molar-refractivity contribution >= 4 is 27.5 Å². The highest BCUT2D eigenvalue weighted by Crippen LogP contribution is 2.27. The van der Waals surface area contributed by atoms with Gasteiger partial charge in [-0.1, -0.05) is 11.6 Å². The predicted molar refractivity (Wildman–Crippen MR) is 61.3 cm³/mol. The van der Waals surface area contributed by atoms with E-state index in [1.807, 2.05) is 26.0 Å². The van der Waals surface area contributed by atoms with Crippen molar-refractivity contribution in [2.24, 2.45) is 0 Å². The molecule has 2 aromatic rings. The molecule has 0 radical (unpaired) electrons. The molecule has 1 aromatic heterocycles. The van der Waals surface area contributed by atoms with Gasteiger partial charge in [0.05, 0.1) is 5.69 Å². The van der Waals surface area contributed by atoms with Crippen molar-refractivity contribution in [2.45, 2.75) is 13.8 Å². The highest BCUT2D eigenvalue weighted by molar-refractivity contribution is 9.10. The third kappa shape index (κ3) is 1.89. The van der Waals surface area contributed by atoms with Crippen LogP contribution in [-0.4, -0.2) is 20.2 Å². The van der Waals surface area contributed by atoms with Gasteiger partial charge in [0, 0.05) is 9.50 Å². The molecule has 1 heterocycles. The molecule has 0 spiro atoms. The highest BCUT2D eigenvalue weighted by Gasteiger charge is 2.09. The van der Waals surface area contributed by atoms with Crippen LogP contribution in [-0.2, 0) is 0 Å². The largest absolute Gasteiger partial charge is 0.196 e. The van der Waals surface area contributed by atoms with Crippen molar-refractivity contribution in [3.63, 3.8) is 0 Å². The van der Waals surface area contributed by atoms with Gasteiger partial charge in [-0.2, -0.15) is 4.68 Å². The smallest absolute Gasteiger partial charge is 0.153 e. The Morgan fingerprint density at radius 3 is 2.67 bits per heavy atom. The first-order valence-electron chi connectivity index (χ1n) is 4.30. The molecule has 0 N–H and O–H groups in total. The number of benzene rings is 1. The van der Waals surface area contributed by atoms with E-state index in [4.69, 9.17) is 11.6 Å². The van der Waals surface area contributed by atoms with Gasteiger partial charge in [-0.3, -0.25) is 0 Å². The molecular weight excluding hydrogens is 279 g/mol. The summed E-state index contributed by atoms with van der Waals surface area (Å²) in [6.45, 7) is 3.78. The van der Waals surface area contributed by atoms with Crippen molar-refractivity contribution in [1.29, 1.82) is 0 Å². The molecule has 0 aliphatic rings. The maximum Gasteiger partial charge on any atom is 0.153 e. The van der Waals surface area contributed by atoms with Crippen LogP contribution in [0.5, 0.6) is 0 Å². The second-order valence-electron chi connectivity index (χ2n) is 3.19. The Morgan fingerprint density at radius 1 is 1.33 bits per heavy atom. The van der Waals surface area contributed by atoms with Crippen LogP contribution in [0.1, 0.15) is 11.4 Å². The lowest BCUT2D eigenvalue weighted by atomic mass is 10.2. The first-order chi connectivity index (χ1) is 7.09. The third-order valence-corrected chi connectivity index (χ3v) is 3.12. The molecule has 0 unspecified atom stereocenters. The normalized spacial score (nSPS) is 10.7. The molecule has 4 nitrogen and oxygen atoms in total. The zero-order valence-corrected chi connectivity index (χ0v) is 10.5. The number of hydrogen-bond donors (Lipinski definition) is 0. The predicted octanol–water partition coefficient (Wildman–Crippen LogP) is 2.70. The van der Waals surface area contributed by atoms with E-state index in [0.29, 0.717) is 5.02 Å². The lowest BCUT2D eigenvalue weighted by Crippen LogP contribution is -2.01. The van der Waals surface area contributed by atoms with E-state index in [1.165, 1.54) is 0 Å². The van der Waals surface area contributed by atoms with Crippen LogP contribution in [0, 0.1) is 13.8 Å². The van der Waals surface area contributed by atoms with Crippen molar-refractivity contribution in [1.82, 2.24) is 20.2 Å². The van der Waals surface area contributed by atoms with Crippen LogP contribution in [0.4, 0.5) is 0 Å². The minimum atomic E-state index is 0.697. The van der Waals surface area contributed by atoms with Crippen molar-refractivity contribution in [3.8, 4) is 5.69 Å². The van der Waals surface area contributed by atoms with E-state index in [-0.39, 0.29) is 0 Å². The number of rotatable bonds is 1. The summed E-state index contributed by atoms with van der Waals surface area (Å²) in [5.41, 5.74) is 1.85. The first-order valence-corrected chi connectivity index (χ1v) is 5.47. The molecule has 0 aliphatic heterocycles. The number of aromatic nitrogens is 4. The zero-order valence-electron chi connectivity index (χ0n) is 8.20. The van der Waals surface area contributed by atoms with Gasteiger partial charge in [0.2, 0.25) is 0 Å². The van der Waals surface area contributed by atoms with E-state index in [2.05, 4.69) is 31.5 Å². The first kappa shape index (κ1) is 10.6. The second kappa shape index (κ2) is 3.90. The van der Waals surface area contributed by atoms with Crippen molar-refractivity contribution in [3.05, 3.63) is 33.0 Å². The van der Waals surface area contributed by atoms with Gasteiger partial charge in [-0.15, -0.1) is 5.10 Å². The highest BCUT2D eigenvalue weighted by atomic mass is 79.9. The van der Waals surface area contributed by atoms with E-state index in [0.717, 1.165) is 21.5 Å². The van der Waals surface area contributed by atoms with Crippen molar-refractivity contribution < 1.29 is 0 Å². The summed E-state index contributed by atoms with van der Waals surface area (Å²) in [6, 6.07) is 3.78. The third-order valence-electron chi connectivity index (χ3n) is 2.08. The quantitative estimate of drug-likeness (QED) is 0.810. The van der Waals surface area contributed by atoms with Crippen LogP contribution < -0.4 is 0 Å². The summed E-state index contributed by atoms with van der Waals surface area (Å²) >= 11 is 9.51. The number of nitrogens with zero attached hydrogens (tertiary/aromatic N) is 4. The van der Waals surface area contributed by atoms with Crippen LogP contribution in [0.2, 0.25) is 5.02 Å². The summed E-state index contributed by atoms with van der Waals surface area (Å²) in [5.74, 6) is 0.718. The molecule has 6 heteroatoms. The topological polar surface area (TPSA) is 43.6 Å². The van der Waals surface area contributed by atoms with Crippen LogP contribution in [0.25, 0.3) is 5.69 Å². The number of halogens is 2. The fourth-order valence-electron chi connectivity index (χ4n) is 1.25. The van der Waals surface area contributed by atoms with Gasteiger partial charge in [0.15, 0.2) is 5.82 Å². The van der Waals surface area contributed by atoms with Gasteiger partial charge in [-0.05, 0) is 57.9 Å². The monoisotopic (exact) mass is 286 g/mol. The molecule has 0 fully saturated rings. The van der Waals surface area contributed by atoms with Crippen LogP contribution in [0.3, 0.4) is 0 Å². The molecule has 15 heavy (non-hydrogen) atoms. The van der Waals surface area contributed by atoms with Gasteiger partial charge >= 0.3 is 0 Å². The van der Waals surface area contributed by atoms with E-state index in [9.17, 15) is 0 Å². The Labute approximate surface area is 100 Å². The van der Waals surface area contributed by atoms with Gasteiger partial charge in [-0.25, -0.2) is 0 Å². The fourth-order valence-corrected chi connectivity index (χ4v) is 2.04. The summed E-state index contributed by atoms with van der Waals surface area (Å²) in [7, 11) is 0. The summed E-state index contributed by atoms with van der Waals surface area (Å²) < 4.78 is 2.55. The Bertz CT molecular complexity index is 509. The van der Waals surface area contributed by atoms with Crippen LogP contribution in [0.15, 0.2) is 16.6 Å². The minimum absolute atomic E-state index is 0.697. The number of hydrogen-bond acceptors (Lipinski definition) is 3. The van der Waals surface area contributed by atoms with Gasteiger partial charge in [0.1, 0.15) is 0 Å². The molecular formula is C9H8BrClN4. The molecule has 0 amide bonds. The zero-order chi connectivity index (χ0) is 11.0. The average Bonchev–Trinajstić information content (AvgIpc) is 2.58. The summed E-state index contributed by atoms with van der Waals surface area (Å²) in [5, 5.41) is 12.0. The second-order valence-corrected chi connectivity index (χ2v) is 4.45. The molecule has 2 rings (SSSR count). The van der Waals surface area contributed by atoms with Crippen LogP contribution >= 0.6 is 27.5 Å². The maximum atomic E-state index is 6.05. The maximum absolute atomic E-state index is 6.05. The Morgan fingerprint density at radius 2 is 2.07 bits per heavy atom. The lowest BCUT2D eigenvalue weighted by Gasteiger charge is -2.07. The van der Waals surface area contributed by atoms with E-state index >= 15 is 0 Å². The molecule has 0 saturated heterocycles. The van der Waals surface area contributed by atoms with Gasteiger partial charge in [0.25, 0.3) is 0 Å². The molecule has 1 aromatic carbocycles. The standard InChI is InChI=1S/C9H8BrClN4/c1-5-3-7(10)9(4-8(5)11)15-6(2)12-13-14-15/h3-4H,1-2H3. The fraction of sp³-hybridized carbons (Fsp3) is 0.222. The summed E-state index contributed by atoms with van der Waals surface area (Å²) in [4.78, 5) is 0. The lowest BCUT2D eigenvalue weighted by molar-refractivity contribution is 0.776. The van der Waals surface area contributed by atoms with Crippen molar-refractivity contribution in [2.75, 3.05) is 0 Å². The Balaban J connectivity index is 2.64. The van der Waals surface area contributed by atoms with E-state index in [1.54, 1.807) is 4.68 Å². The SMILES string of the molecule is Cc1cc(Br)c(-n2nnnc2C)cc1Cl. The molecule has 0 saturated carbocycles. The summed E-state index contributed by atoms with van der Waals surface area (Å²) in [6.07, 6.45) is 0.